The molecule has 2 aromatic heterocycles. The Morgan fingerprint density at radius 1 is 1.24 bits per heavy atom. The molecule has 6 nitrogen and oxygen atoms in total. The number of H-pyrrole nitrogens is 1. The van der Waals surface area contributed by atoms with Gasteiger partial charge in [-0.15, -0.1) is 0 Å². The largest absolute Gasteiger partial charge is 0.490 e. The number of aromatic amines is 1. The molecule has 130 valence electrons. The highest BCUT2D eigenvalue weighted by Crippen LogP contribution is 2.27. The van der Waals surface area contributed by atoms with Crippen LogP contribution in [0.3, 0.4) is 0 Å². The van der Waals surface area contributed by atoms with Crippen molar-refractivity contribution in [3.8, 4) is 5.75 Å². The number of fused-ring (bicyclic) bond motifs is 1. The molecule has 0 unspecified atom stereocenters. The minimum atomic E-state index is -0.199. The molecule has 0 bridgehead atoms. The van der Waals surface area contributed by atoms with Crippen LogP contribution in [0.1, 0.15) is 18.5 Å². The Balaban J connectivity index is 1.38. The Labute approximate surface area is 146 Å². The second-order valence-electron chi connectivity index (χ2n) is 6.57. The number of aromatic nitrogens is 3. The average Bonchev–Trinajstić information content (AvgIpc) is 3.10. The SMILES string of the molecule is Cn1c(CN2CCC(Oc3cccc4[nH]ccc34)CC2)ccnc1=O. The number of piperidine rings is 1. The number of nitrogens with zero attached hydrogens (tertiary/aromatic N) is 3. The summed E-state index contributed by atoms with van der Waals surface area (Å²) in [7, 11) is 1.78. The van der Waals surface area contributed by atoms with E-state index in [0.717, 1.165) is 54.8 Å². The van der Waals surface area contributed by atoms with Gasteiger partial charge in [0.15, 0.2) is 0 Å². The van der Waals surface area contributed by atoms with Gasteiger partial charge in [0.1, 0.15) is 11.9 Å². The van der Waals surface area contributed by atoms with Crippen LogP contribution in [0.25, 0.3) is 10.9 Å². The summed E-state index contributed by atoms with van der Waals surface area (Å²) in [4.78, 5) is 21.0. The minimum absolute atomic E-state index is 0.199. The molecule has 4 rings (SSSR count). The third-order valence-electron chi connectivity index (χ3n) is 4.94. The van der Waals surface area contributed by atoms with Crippen LogP contribution < -0.4 is 10.4 Å². The topological polar surface area (TPSA) is 63.1 Å². The Morgan fingerprint density at radius 2 is 2.08 bits per heavy atom. The molecular weight excluding hydrogens is 316 g/mol. The maximum absolute atomic E-state index is 11.6. The monoisotopic (exact) mass is 338 g/mol. The molecule has 1 aromatic carbocycles. The lowest BCUT2D eigenvalue weighted by Gasteiger charge is -2.32. The maximum Gasteiger partial charge on any atom is 0.347 e. The molecular formula is C19H22N4O2. The molecule has 0 aliphatic carbocycles. The van der Waals surface area contributed by atoms with Gasteiger partial charge < -0.3 is 9.72 Å². The van der Waals surface area contributed by atoms with E-state index in [1.165, 1.54) is 0 Å². The van der Waals surface area contributed by atoms with E-state index in [1.54, 1.807) is 17.8 Å². The van der Waals surface area contributed by atoms with Gasteiger partial charge in [0, 0.05) is 55.7 Å². The van der Waals surface area contributed by atoms with Crippen molar-refractivity contribution in [2.45, 2.75) is 25.5 Å². The minimum Gasteiger partial charge on any atom is -0.490 e. The van der Waals surface area contributed by atoms with E-state index in [9.17, 15) is 4.79 Å². The summed E-state index contributed by atoms with van der Waals surface area (Å²) in [6, 6.07) is 10.1. The van der Waals surface area contributed by atoms with E-state index < -0.39 is 0 Å². The van der Waals surface area contributed by atoms with Crippen LogP contribution in [0.15, 0.2) is 47.5 Å². The zero-order valence-corrected chi connectivity index (χ0v) is 14.3. The Bertz CT molecular complexity index is 922. The first-order valence-corrected chi connectivity index (χ1v) is 8.67. The zero-order valence-electron chi connectivity index (χ0n) is 14.3. The molecule has 1 aliphatic heterocycles. The first-order valence-electron chi connectivity index (χ1n) is 8.67. The van der Waals surface area contributed by atoms with E-state index in [0.29, 0.717) is 0 Å². The molecule has 1 saturated heterocycles. The van der Waals surface area contributed by atoms with Crippen LogP contribution in [0.5, 0.6) is 5.75 Å². The average molecular weight is 338 g/mol. The zero-order chi connectivity index (χ0) is 17.2. The molecule has 3 heterocycles. The number of rotatable bonds is 4. The lowest BCUT2D eigenvalue weighted by molar-refractivity contribution is 0.0966. The predicted molar refractivity (Wildman–Crippen MR) is 96.7 cm³/mol. The van der Waals surface area contributed by atoms with E-state index in [-0.39, 0.29) is 11.8 Å². The molecule has 0 atom stereocenters. The first kappa shape index (κ1) is 15.9. The van der Waals surface area contributed by atoms with Gasteiger partial charge in [-0.25, -0.2) is 9.78 Å². The second kappa shape index (κ2) is 6.72. The number of hydrogen-bond donors (Lipinski definition) is 1. The number of likely N-dealkylation sites (tertiary alicyclic amines) is 1. The fraction of sp³-hybridized carbons (Fsp3) is 0.368. The van der Waals surface area contributed by atoms with Crippen molar-refractivity contribution in [1.29, 1.82) is 0 Å². The van der Waals surface area contributed by atoms with Gasteiger partial charge in [-0.05, 0) is 37.1 Å². The van der Waals surface area contributed by atoms with Gasteiger partial charge in [0.2, 0.25) is 0 Å². The molecule has 3 aromatic rings. The molecule has 0 spiro atoms. The fourth-order valence-electron chi connectivity index (χ4n) is 3.42. The molecule has 1 aliphatic rings. The highest BCUT2D eigenvalue weighted by molar-refractivity contribution is 5.85. The van der Waals surface area contributed by atoms with Crippen molar-refractivity contribution in [1.82, 2.24) is 19.4 Å². The van der Waals surface area contributed by atoms with Crippen molar-refractivity contribution in [3.63, 3.8) is 0 Å². The highest BCUT2D eigenvalue weighted by atomic mass is 16.5. The fourth-order valence-corrected chi connectivity index (χ4v) is 3.42. The summed E-state index contributed by atoms with van der Waals surface area (Å²) in [6.07, 6.45) is 5.74. The molecule has 0 saturated carbocycles. The number of nitrogens with one attached hydrogen (secondary N) is 1. The smallest absolute Gasteiger partial charge is 0.347 e. The summed E-state index contributed by atoms with van der Waals surface area (Å²) >= 11 is 0. The molecule has 1 fully saturated rings. The maximum atomic E-state index is 11.6. The van der Waals surface area contributed by atoms with Crippen LogP contribution in [0, 0.1) is 0 Å². The van der Waals surface area contributed by atoms with E-state index in [1.807, 2.05) is 24.4 Å². The van der Waals surface area contributed by atoms with Crippen LogP contribution in [-0.4, -0.2) is 38.6 Å². The van der Waals surface area contributed by atoms with Crippen LogP contribution in [-0.2, 0) is 13.6 Å². The van der Waals surface area contributed by atoms with Gasteiger partial charge in [0.05, 0.1) is 0 Å². The van der Waals surface area contributed by atoms with Crippen molar-refractivity contribution >= 4 is 10.9 Å². The van der Waals surface area contributed by atoms with Crippen molar-refractivity contribution in [3.05, 3.63) is 58.9 Å². The molecule has 0 amide bonds. The third kappa shape index (κ3) is 3.30. The van der Waals surface area contributed by atoms with Crippen LogP contribution in [0.2, 0.25) is 0 Å². The standard InChI is InChI=1S/C19H22N4O2/c1-22-14(5-9-21-19(22)24)13-23-11-7-15(8-12-23)25-18-4-2-3-17-16(18)6-10-20-17/h2-6,9-10,15,20H,7-8,11-13H2,1H3. The van der Waals surface area contributed by atoms with Crippen molar-refractivity contribution < 1.29 is 4.74 Å². The highest BCUT2D eigenvalue weighted by Gasteiger charge is 2.21. The number of ether oxygens (including phenoxy) is 1. The summed E-state index contributed by atoms with van der Waals surface area (Å²) in [5, 5.41) is 1.14. The predicted octanol–water partition coefficient (Wildman–Crippen LogP) is 2.30. The Morgan fingerprint density at radius 3 is 2.92 bits per heavy atom. The van der Waals surface area contributed by atoms with Gasteiger partial charge in [-0.3, -0.25) is 9.47 Å². The normalized spacial score (nSPS) is 16.4. The van der Waals surface area contributed by atoms with Crippen LogP contribution >= 0.6 is 0 Å². The molecule has 6 heteroatoms. The Hall–Kier alpha value is -2.60. The van der Waals surface area contributed by atoms with Gasteiger partial charge in [0.25, 0.3) is 0 Å². The summed E-state index contributed by atoms with van der Waals surface area (Å²) < 4.78 is 7.88. The first-order chi connectivity index (χ1) is 12.2. The van der Waals surface area contributed by atoms with E-state index in [4.69, 9.17) is 4.74 Å². The van der Waals surface area contributed by atoms with Crippen molar-refractivity contribution in [2.75, 3.05) is 13.1 Å². The number of benzene rings is 1. The molecule has 0 radical (unpaired) electrons. The van der Waals surface area contributed by atoms with Gasteiger partial charge >= 0.3 is 5.69 Å². The summed E-state index contributed by atoms with van der Waals surface area (Å²) in [5.41, 5.74) is 1.90. The third-order valence-corrected chi connectivity index (χ3v) is 4.94. The lowest BCUT2D eigenvalue weighted by Crippen LogP contribution is -2.39. The molecule has 1 N–H and O–H groups in total. The van der Waals surface area contributed by atoms with Gasteiger partial charge in [-0.1, -0.05) is 6.07 Å². The quantitative estimate of drug-likeness (QED) is 0.793. The number of hydrogen-bond acceptors (Lipinski definition) is 4. The van der Waals surface area contributed by atoms with Gasteiger partial charge in [-0.2, -0.15) is 0 Å². The van der Waals surface area contributed by atoms with Crippen molar-refractivity contribution in [2.24, 2.45) is 7.05 Å². The van der Waals surface area contributed by atoms with E-state index in [2.05, 4.69) is 27.0 Å². The Kier molecular flexibility index (Phi) is 4.28. The lowest BCUT2D eigenvalue weighted by atomic mass is 10.1. The van der Waals surface area contributed by atoms with E-state index >= 15 is 0 Å². The molecule has 25 heavy (non-hydrogen) atoms. The second-order valence-corrected chi connectivity index (χ2v) is 6.57. The summed E-state index contributed by atoms with van der Waals surface area (Å²) in [6.45, 7) is 2.70. The summed E-state index contributed by atoms with van der Waals surface area (Å²) in [5.74, 6) is 0.953. The van der Waals surface area contributed by atoms with Crippen LogP contribution in [0.4, 0.5) is 0 Å².